The Kier molecular flexibility index (Phi) is 5.62. The molecule has 0 bridgehead atoms. The summed E-state index contributed by atoms with van der Waals surface area (Å²) in [5.41, 5.74) is -0.770. The first-order valence-corrected chi connectivity index (χ1v) is 7.54. The highest BCUT2D eigenvalue weighted by Crippen LogP contribution is 2.30. The van der Waals surface area contributed by atoms with E-state index in [4.69, 9.17) is 4.74 Å². The van der Waals surface area contributed by atoms with Crippen molar-refractivity contribution in [2.24, 2.45) is 0 Å². The van der Waals surface area contributed by atoms with E-state index >= 15 is 0 Å². The van der Waals surface area contributed by atoms with Gasteiger partial charge in [-0.25, -0.2) is 0 Å². The predicted octanol–water partition coefficient (Wildman–Crippen LogP) is 2.94. The van der Waals surface area contributed by atoms with Crippen molar-refractivity contribution < 1.29 is 27.8 Å². The lowest BCUT2D eigenvalue weighted by Gasteiger charge is -2.13. The average Bonchev–Trinajstić information content (AvgIpc) is 3.04. The fourth-order valence-corrected chi connectivity index (χ4v) is 2.34. The number of rotatable bonds is 6. The molecule has 124 valence electrons. The lowest BCUT2D eigenvalue weighted by atomic mass is 10.2. The standard InChI is InChI=1S/C15H14F3NO3S/c16-15(17,18)10-3-5-12(6-4-10)22-9-11(20)8-19-14(21)13-2-1-7-23-13/h1-7,11,20H,8-9H2,(H,19,21)/t11-/m1/s1. The van der Waals surface area contributed by atoms with Crippen molar-refractivity contribution in [1.29, 1.82) is 0 Å². The fraction of sp³-hybridized carbons (Fsp3) is 0.267. The van der Waals surface area contributed by atoms with E-state index < -0.39 is 17.8 Å². The minimum atomic E-state index is -4.40. The summed E-state index contributed by atoms with van der Waals surface area (Å²) >= 11 is 1.28. The normalized spacial score (nSPS) is 12.7. The quantitative estimate of drug-likeness (QED) is 0.846. The van der Waals surface area contributed by atoms with Gasteiger partial charge < -0.3 is 15.2 Å². The molecule has 2 aromatic rings. The third-order valence-electron chi connectivity index (χ3n) is 2.87. The summed E-state index contributed by atoms with van der Waals surface area (Å²) in [6.45, 7) is -0.159. The molecule has 0 spiro atoms. The molecule has 0 radical (unpaired) electrons. The van der Waals surface area contributed by atoms with Crippen molar-refractivity contribution >= 4 is 17.2 Å². The minimum absolute atomic E-state index is 0.0165. The molecule has 1 atom stereocenters. The van der Waals surface area contributed by atoms with Crippen LogP contribution in [0.15, 0.2) is 41.8 Å². The summed E-state index contributed by atoms with van der Waals surface area (Å²) in [7, 11) is 0. The van der Waals surface area contributed by atoms with E-state index in [1.807, 2.05) is 0 Å². The van der Waals surface area contributed by atoms with Crippen LogP contribution in [0.5, 0.6) is 5.75 Å². The van der Waals surface area contributed by atoms with Gasteiger partial charge in [-0.05, 0) is 35.7 Å². The Balaban J connectivity index is 1.76. The van der Waals surface area contributed by atoms with Crippen LogP contribution < -0.4 is 10.1 Å². The second-order valence-corrected chi connectivity index (χ2v) is 5.62. The van der Waals surface area contributed by atoms with E-state index in [2.05, 4.69) is 5.32 Å². The SMILES string of the molecule is O=C(NC[C@@H](O)COc1ccc(C(F)(F)F)cc1)c1cccs1. The lowest BCUT2D eigenvalue weighted by molar-refractivity contribution is -0.137. The molecule has 0 saturated carbocycles. The van der Waals surface area contributed by atoms with Crippen LogP contribution in [0.4, 0.5) is 13.2 Å². The van der Waals surface area contributed by atoms with Gasteiger partial charge in [-0.3, -0.25) is 4.79 Å². The number of halogens is 3. The van der Waals surface area contributed by atoms with Crippen LogP contribution in [0.3, 0.4) is 0 Å². The third kappa shape index (κ3) is 5.26. The van der Waals surface area contributed by atoms with Gasteiger partial charge in [0.25, 0.3) is 5.91 Å². The number of carbonyl (C=O) groups is 1. The molecule has 0 aliphatic carbocycles. The molecular formula is C15H14F3NO3S. The second kappa shape index (κ2) is 7.47. The monoisotopic (exact) mass is 345 g/mol. The first-order chi connectivity index (χ1) is 10.9. The van der Waals surface area contributed by atoms with E-state index in [9.17, 15) is 23.1 Å². The first-order valence-electron chi connectivity index (χ1n) is 6.66. The molecule has 0 unspecified atom stereocenters. The Morgan fingerprint density at radius 3 is 2.52 bits per heavy atom. The van der Waals surface area contributed by atoms with E-state index in [1.165, 1.54) is 23.5 Å². The number of carbonyl (C=O) groups excluding carboxylic acids is 1. The summed E-state index contributed by atoms with van der Waals surface area (Å²) in [4.78, 5) is 12.2. The number of alkyl halides is 3. The highest BCUT2D eigenvalue weighted by atomic mass is 32.1. The lowest BCUT2D eigenvalue weighted by Crippen LogP contribution is -2.34. The molecule has 4 nitrogen and oxygen atoms in total. The van der Waals surface area contributed by atoms with E-state index in [1.54, 1.807) is 17.5 Å². The zero-order valence-electron chi connectivity index (χ0n) is 11.8. The molecule has 1 aromatic carbocycles. The van der Waals surface area contributed by atoms with Crippen molar-refractivity contribution in [3.05, 3.63) is 52.2 Å². The number of aliphatic hydroxyl groups is 1. The molecule has 2 rings (SSSR count). The maximum atomic E-state index is 12.4. The highest BCUT2D eigenvalue weighted by molar-refractivity contribution is 7.12. The summed E-state index contributed by atoms with van der Waals surface area (Å²) in [5, 5.41) is 14.0. The number of hydrogen-bond acceptors (Lipinski definition) is 4. The molecule has 1 aromatic heterocycles. The molecule has 0 fully saturated rings. The highest BCUT2D eigenvalue weighted by Gasteiger charge is 2.30. The molecule has 0 aliphatic heterocycles. The van der Waals surface area contributed by atoms with Gasteiger partial charge in [0.2, 0.25) is 0 Å². The maximum Gasteiger partial charge on any atom is 0.416 e. The molecule has 8 heteroatoms. The second-order valence-electron chi connectivity index (χ2n) is 4.67. The van der Waals surface area contributed by atoms with Gasteiger partial charge in [-0.1, -0.05) is 6.07 Å². The first kappa shape index (κ1) is 17.3. The van der Waals surface area contributed by atoms with Crippen LogP contribution >= 0.6 is 11.3 Å². The Bertz CT molecular complexity index is 626. The van der Waals surface area contributed by atoms with E-state index in [0.717, 1.165) is 12.1 Å². The minimum Gasteiger partial charge on any atom is -0.491 e. The number of aliphatic hydroxyl groups excluding tert-OH is 1. The molecular weight excluding hydrogens is 331 g/mol. The maximum absolute atomic E-state index is 12.4. The number of hydrogen-bond donors (Lipinski definition) is 2. The van der Waals surface area contributed by atoms with Crippen LogP contribution in [-0.2, 0) is 6.18 Å². The Labute approximate surface area is 134 Å². The number of benzene rings is 1. The van der Waals surface area contributed by atoms with Crippen molar-refractivity contribution in [3.8, 4) is 5.75 Å². The Morgan fingerprint density at radius 2 is 1.96 bits per heavy atom. The topological polar surface area (TPSA) is 58.6 Å². The molecule has 2 N–H and O–H groups in total. The van der Waals surface area contributed by atoms with Crippen molar-refractivity contribution in [2.45, 2.75) is 12.3 Å². The van der Waals surface area contributed by atoms with Gasteiger partial charge in [-0.2, -0.15) is 13.2 Å². The van der Waals surface area contributed by atoms with Gasteiger partial charge in [0, 0.05) is 6.54 Å². The van der Waals surface area contributed by atoms with E-state index in [0.29, 0.717) is 4.88 Å². The fourth-order valence-electron chi connectivity index (χ4n) is 1.70. The van der Waals surface area contributed by atoms with Crippen LogP contribution in [0.25, 0.3) is 0 Å². The molecule has 0 aliphatic rings. The number of amides is 1. The number of thiophene rings is 1. The van der Waals surface area contributed by atoms with Crippen molar-refractivity contribution in [3.63, 3.8) is 0 Å². The van der Waals surface area contributed by atoms with Gasteiger partial charge in [0.15, 0.2) is 0 Å². The van der Waals surface area contributed by atoms with Crippen LogP contribution in [0, 0.1) is 0 Å². The summed E-state index contributed by atoms with van der Waals surface area (Å²) in [6.07, 6.45) is -5.37. The number of ether oxygens (including phenoxy) is 1. The third-order valence-corrected chi connectivity index (χ3v) is 3.74. The molecule has 23 heavy (non-hydrogen) atoms. The van der Waals surface area contributed by atoms with Gasteiger partial charge in [0.1, 0.15) is 18.5 Å². The number of nitrogens with one attached hydrogen (secondary N) is 1. The largest absolute Gasteiger partial charge is 0.491 e. The van der Waals surface area contributed by atoms with Crippen LogP contribution in [-0.4, -0.2) is 30.3 Å². The van der Waals surface area contributed by atoms with Gasteiger partial charge in [0.05, 0.1) is 10.4 Å². The zero-order chi connectivity index (χ0) is 16.9. The Hall–Kier alpha value is -2.06. The molecule has 1 amide bonds. The van der Waals surface area contributed by atoms with Crippen molar-refractivity contribution in [1.82, 2.24) is 5.32 Å². The molecule has 0 saturated heterocycles. The smallest absolute Gasteiger partial charge is 0.416 e. The van der Waals surface area contributed by atoms with Crippen molar-refractivity contribution in [2.75, 3.05) is 13.2 Å². The van der Waals surface area contributed by atoms with Crippen LogP contribution in [0.2, 0.25) is 0 Å². The summed E-state index contributed by atoms with van der Waals surface area (Å²) in [5.74, 6) is -0.0878. The predicted molar refractivity (Wildman–Crippen MR) is 79.6 cm³/mol. The van der Waals surface area contributed by atoms with Gasteiger partial charge >= 0.3 is 6.18 Å². The molecule has 1 heterocycles. The van der Waals surface area contributed by atoms with Gasteiger partial charge in [-0.15, -0.1) is 11.3 Å². The Morgan fingerprint density at radius 1 is 1.26 bits per heavy atom. The summed E-state index contributed by atoms with van der Waals surface area (Å²) in [6, 6.07) is 7.56. The van der Waals surface area contributed by atoms with Crippen LogP contribution in [0.1, 0.15) is 15.2 Å². The zero-order valence-corrected chi connectivity index (χ0v) is 12.7. The average molecular weight is 345 g/mol. The summed E-state index contributed by atoms with van der Waals surface area (Å²) < 4.78 is 42.4. The van der Waals surface area contributed by atoms with E-state index in [-0.39, 0.29) is 24.8 Å².